The normalized spacial score (nSPS) is 21.5. The first-order valence-electron chi connectivity index (χ1n) is 4.47. The number of aliphatic hydroxyl groups is 1. The highest BCUT2D eigenvalue weighted by Gasteiger charge is 2.18. The van der Waals surface area contributed by atoms with Crippen LogP contribution in [0.3, 0.4) is 0 Å². The number of nitrogens with two attached hydrogens (primary N) is 1. The standard InChI is InChI=1S/C9H21NO2/c1-5-9(4,10)6-12-8(3)7(2)11/h7-8,11H,5-6,10H2,1-4H3. The number of hydrogen-bond acceptors (Lipinski definition) is 3. The van der Waals surface area contributed by atoms with Gasteiger partial charge in [-0.2, -0.15) is 0 Å². The lowest BCUT2D eigenvalue weighted by Crippen LogP contribution is -2.42. The van der Waals surface area contributed by atoms with E-state index in [1.54, 1.807) is 6.92 Å². The zero-order valence-electron chi connectivity index (χ0n) is 8.50. The minimum atomic E-state index is -0.433. The quantitative estimate of drug-likeness (QED) is 0.652. The van der Waals surface area contributed by atoms with Crippen LogP contribution >= 0.6 is 0 Å². The van der Waals surface area contributed by atoms with E-state index in [0.717, 1.165) is 6.42 Å². The fraction of sp³-hybridized carbons (Fsp3) is 1.00. The molecule has 0 aromatic rings. The third kappa shape index (κ3) is 4.70. The fourth-order valence-electron chi connectivity index (χ4n) is 0.563. The molecule has 0 aliphatic heterocycles. The molecule has 0 amide bonds. The lowest BCUT2D eigenvalue weighted by molar-refractivity contribution is -0.0350. The SMILES string of the molecule is CCC(C)(N)COC(C)C(C)O. The second-order valence-corrected chi connectivity index (χ2v) is 3.76. The molecule has 74 valence electrons. The predicted molar refractivity (Wildman–Crippen MR) is 50.0 cm³/mol. The Hall–Kier alpha value is -0.120. The van der Waals surface area contributed by atoms with Crippen LogP contribution in [0.1, 0.15) is 34.1 Å². The van der Waals surface area contributed by atoms with Gasteiger partial charge in [-0.15, -0.1) is 0 Å². The Morgan fingerprint density at radius 1 is 1.50 bits per heavy atom. The number of ether oxygens (including phenoxy) is 1. The minimum Gasteiger partial charge on any atom is -0.391 e. The summed E-state index contributed by atoms with van der Waals surface area (Å²) in [5.41, 5.74) is 5.58. The molecule has 0 bridgehead atoms. The average molecular weight is 175 g/mol. The van der Waals surface area contributed by atoms with Crippen molar-refractivity contribution in [1.82, 2.24) is 0 Å². The molecule has 0 saturated carbocycles. The first-order valence-corrected chi connectivity index (χ1v) is 4.47. The van der Waals surface area contributed by atoms with Crippen LogP contribution < -0.4 is 5.73 Å². The second kappa shape index (κ2) is 4.80. The summed E-state index contributed by atoms with van der Waals surface area (Å²) in [6.45, 7) is 8.02. The van der Waals surface area contributed by atoms with Gasteiger partial charge >= 0.3 is 0 Å². The zero-order valence-corrected chi connectivity index (χ0v) is 8.50. The summed E-state index contributed by atoms with van der Waals surface area (Å²) in [6, 6.07) is 0. The first-order chi connectivity index (χ1) is 5.39. The van der Waals surface area contributed by atoms with Gasteiger partial charge in [0, 0.05) is 5.54 Å². The monoisotopic (exact) mass is 175 g/mol. The molecule has 0 aromatic carbocycles. The topological polar surface area (TPSA) is 55.5 Å². The Morgan fingerprint density at radius 3 is 2.33 bits per heavy atom. The fourth-order valence-corrected chi connectivity index (χ4v) is 0.563. The highest BCUT2D eigenvalue weighted by Crippen LogP contribution is 2.08. The van der Waals surface area contributed by atoms with E-state index < -0.39 is 6.10 Å². The summed E-state index contributed by atoms with van der Waals surface area (Å²) in [4.78, 5) is 0. The van der Waals surface area contributed by atoms with Crippen molar-refractivity contribution in [2.75, 3.05) is 6.61 Å². The molecule has 0 saturated heterocycles. The van der Waals surface area contributed by atoms with Gasteiger partial charge in [0.2, 0.25) is 0 Å². The minimum absolute atomic E-state index is 0.139. The molecule has 0 aromatic heterocycles. The van der Waals surface area contributed by atoms with Crippen molar-refractivity contribution in [2.45, 2.75) is 51.9 Å². The van der Waals surface area contributed by atoms with Gasteiger partial charge in [0.1, 0.15) is 0 Å². The number of hydrogen-bond donors (Lipinski definition) is 2. The van der Waals surface area contributed by atoms with E-state index in [1.165, 1.54) is 0 Å². The van der Waals surface area contributed by atoms with Gasteiger partial charge in [-0.3, -0.25) is 0 Å². The van der Waals surface area contributed by atoms with Crippen molar-refractivity contribution in [3.63, 3.8) is 0 Å². The highest BCUT2D eigenvalue weighted by molar-refractivity contribution is 4.76. The third-order valence-corrected chi connectivity index (χ3v) is 2.16. The molecular weight excluding hydrogens is 154 g/mol. The Labute approximate surface area is 74.9 Å². The first kappa shape index (κ1) is 11.9. The Kier molecular flexibility index (Phi) is 4.75. The molecule has 0 aliphatic rings. The predicted octanol–water partition coefficient (Wildman–Crippen LogP) is 0.900. The molecule has 3 nitrogen and oxygen atoms in total. The van der Waals surface area contributed by atoms with E-state index in [1.807, 2.05) is 20.8 Å². The van der Waals surface area contributed by atoms with Crippen LogP contribution in [-0.2, 0) is 4.74 Å². The number of rotatable bonds is 5. The van der Waals surface area contributed by atoms with Crippen LogP contribution in [0.25, 0.3) is 0 Å². The summed E-state index contributed by atoms with van der Waals surface area (Å²) in [6.07, 6.45) is 0.302. The zero-order chi connectivity index (χ0) is 9.78. The molecule has 0 heterocycles. The summed E-state index contributed by atoms with van der Waals surface area (Å²) < 4.78 is 5.38. The van der Waals surface area contributed by atoms with Crippen LogP contribution in [0.2, 0.25) is 0 Å². The van der Waals surface area contributed by atoms with Gasteiger partial charge in [0.15, 0.2) is 0 Å². The second-order valence-electron chi connectivity index (χ2n) is 3.76. The van der Waals surface area contributed by atoms with Crippen molar-refractivity contribution in [1.29, 1.82) is 0 Å². The molecular formula is C9H21NO2. The van der Waals surface area contributed by atoms with Gasteiger partial charge < -0.3 is 15.6 Å². The third-order valence-electron chi connectivity index (χ3n) is 2.16. The lowest BCUT2D eigenvalue weighted by Gasteiger charge is -2.25. The van der Waals surface area contributed by atoms with Gasteiger partial charge in [-0.1, -0.05) is 6.92 Å². The van der Waals surface area contributed by atoms with Crippen molar-refractivity contribution in [2.24, 2.45) is 5.73 Å². The molecule has 3 atom stereocenters. The van der Waals surface area contributed by atoms with Crippen LogP contribution in [0.4, 0.5) is 0 Å². The average Bonchev–Trinajstić information content (AvgIpc) is 2.00. The molecule has 3 unspecified atom stereocenters. The van der Waals surface area contributed by atoms with E-state index in [9.17, 15) is 0 Å². The Morgan fingerprint density at radius 2 is 2.00 bits per heavy atom. The summed E-state index contributed by atoms with van der Waals surface area (Å²) >= 11 is 0. The van der Waals surface area contributed by atoms with Crippen molar-refractivity contribution in [3.8, 4) is 0 Å². The Balaban J connectivity index is 3.67. The van der Waals surface area contributed by atoms with E-state index in [2.05, 4.69) is 0 Å². The lowest BCUT2D eigenvalue weighted by atomic mass is 10.0. The molecule has 0 rings (SSSR count). The summed E-state index contributed by atoms with van der Waals surface area (Å²) in [5, 5.41) is 9.12. The van der Waals surface area contributed by atoms with Crippen LogP contribution in [-0.4, -0.2) is 29.5 Å². The van der Waals surface area contributed by atoms with Gasteiger partial charge in [-0.05, 0) is 27.2 Å². The van der Waals surface area contributed by atoms with E-state index in [4.69, 9.17) is 15.6 Å². The maximum Gasteiger partial charge on any atom is 0.0804 e. The van der Waals surface area contributed by atoms with Crippen molar-refractivity contribution >= 4 is 0 Å². The molecule has 0 fully saturated rings. The van der Waals surface area contributed by atoms with Crippen LogP contribution in [0, 0.1) is 0 Å². The molecule has 3 heteroatoms. The smallest absolute Gasteiger partial charge is 0.0804 e. The summed E-state index contributed by atoms with van der Waals surface area (Å²) in [7, 11) is 0. The number of aliphatic hydroxyl groups excluding tert-OH is 1. The molecule has 12 heavy (non-hydrogen) atoms. The molecule has 3 N–H and O–H groups in total. The van der Waals surface area contributed by atoms with E-state index in [-0.39, 0.29) is 11.6 Å². The van der Waals surface area contributed by atoms with Crippen molar-refractivity contribution in [3.05, 3.63) is 0 Å². The maximum atomic E-state index is 9.12. The highest BCUT2D eigenvalue weighted by atomic mass is 16.5. The van der Waals surface area contributed by atoms with E-state index >= 15 is 0 Å². The molecule has 0 radical (unpaired) electrons. The molecule has 0 spiro atoms. The van der Waals surface area contributed by atoms with Gasteiger partial charge in [0.25, 0.3) is 0 Å². The van der Waals surface area contributed by atoms with Crippen LogP contribution in [0.15, 0.2) is 0 Å². The van der Waals surface area contributed by atoms with Gasteiger partial charge in [-0.25, -0.2) is 0 Å². The van der Waals surface area contributed by atoms with Crippen LogP contribution in [0.5, 0.6) is 0 Å². The Bertz CT molecular complexity index is 124. The largest absolute Gasteiger partial charge is 0.391 e. The summed E-state index contributed by atoms with van der Waals surface area (Å²) in [5.74, 6) is 0. The molecule has 0 aliphatic carbocycles. The van der Waals surface area contributed by atoms with Gasteiger partial charge in [0.05, 0.1) is 18.8 Å². The maximum absolute atomic E-state index is 9.12. The van der Waals surface area contributed by atoms with Crippen molar-refractivity contribution < 1.29 is 9.84 Å². The van der Waals surface area contributed by atoms with E-state index in [0.29, 0.717) is 6.61 Å².